The summed E-state index contributed by atoms with van der Waals surface area (Å²) in [6, 6.07) is 3.84. The summed E-state index contributed by atoms with van der Waals surface area (Å²) < 4.78 is 1.71. The molecule has 0 unspecified atom stereocenters. The summed E-state index contributed by atoms with van der Waals surface area (Å²) in [5, 5.41) is 4.04. The SMILES string of the molecule is O=Cc1cnn(Cc2cccnc2)c1. The van der Waals surface area contributed by atoms with Gasteiger partial charge in [-0.15, -0.1) is 0 Å². The Bertz CT molecular complexity index is 422. The maximum atomic E-state index is 10.4. The van der Waals surface area contributed by atoms with Gasteiger partial charge in [0.25, 0.3) is 0 Å². The minimum atomic E-state index is 0.592. The second-order valence-electron chi connectivity index (χ2n) is 2.95. The quantitative estimate of drug-likeness (QED) is 0.677. The van der Waals surface area contributed by atoms with Crippen molar-refractivity contribution in [2.45, 2.75) is 6.54 Å². The zero-order valence-electron chi connectivity index (χ0n) is 7.50. The first-order chi connectivity index (χ1) is 6.88. The summed E-state index contributed by atoms with van der Waals surface area (Å²) in [5.41, 5.74) is 1.65. The van der Waals surface area contributed by atoms with Crippen LogP contribution in [0.4, 0.5) is 0 Å². The molecule has 14 heavy (non-hydrogen) atoms. The Balaban J connectivity index is 2.15. The lowest BCUT2D eigenvalue weighted by Gasteiger charge is -1.99. The number of carbonyl (C=O) groups excluding carboxylic acids is 1. The van der Waals surface area contributed by atoms with Gasteiger partial charge in [-0.25, -0.2) is 0 Å². The van der Waals surface area contributed by atoms with E-state index in [0.29, 0.717) is 12.1 Å². The third-order valence-electron chi connectivity index (χ3n) is 1.86. The highest BCUT2D eigenvalue weighted by Crippen LogP contribution is 2.00. The largest absolute Gasteiger partial charge is 0.298 e. The van der Waals surface area contributed by atoms with Crippen LogP contribution >= 0.6 is 0 Å². The molecule has 0 aliphatic heterocycles. The molecular formula is C10H9N3O. The van der Waals surface area contributed by atoms with Crippen LogP contribution in [0, 0.1) is 0 Å². The number of aldehydes is 1. The standard InChI is InChI=1S/C10H9N3O/c14-8-10-5-12-13(7-10)6-9-2-1-3-11-4-9/h1-5,7-8H,6H2. The van der Waals surface area contributed by atoms with Gasteiger partial charge in [-0.05, 0) is 11.6 Å². The molecule has 0 radical (unpaired) electrons. The smallest absolute Gasteiger partial charge is 0.153 e. The number of nitrogens with zero attached hydrogens (tertiary/aromatic N) is 3. The molecule has 0 aliphatic rings. The zero-order chi connectivity index (χ0) is 9.80. The molecule has 0 atom stereocenters. The predicted octanol–water partition coefficient (Wildman–Crippen LogP) is 1.14. The second kappa shape index (κ2) is 3.83. The second-order valence-corrected chi connectivity index (χ2v) is 2.95. The summed E-state index contributed by atoms with van der Waals surface area (Å²) in [4.78, 5) is 14.4. The van der Waals surface area contributed by atoms with E-state index in [1.165, 1.54) is 0 Å². The van der Waals surface area contributed by atoms with E-state index < -0.39 is 0 Å². The Morgan fingerprint density at radius 3 is 3.00 bits per heavy atom. The molecule has 0 saturated carbocycles. The first kappa shape index (κ1) is 8.62. The minimum Gasteiger partial charge on any atom is -0.298 e. The van der Waals surface area contributed by atoms with Gasteiger partial charge in [0, 0.05) is 18.6 Å². The first-order valence-corrected chi connectivity index (χ1v) is 4.25. The van der Waals surface area contributed by atoms with Crippen LogP contribution in [0.5, 0.6) is 0 Å². The average Bonchev–Trinajstić information content (AvgIpc) is 2.67. The predicted molar refractivity (Wildman–Crippen MR) is 51.0 cm³/mol. The molecule has 4 heteroatoms. The molecule has 0 spiro atoms. The van der Waals surface area contributed by atoms with Gasteiger partial charge < -0.3 is 0 Å². The molecule has 0 bridgehead atoms. The van der Waals surface area contributed by atoms with Gasteiger partial charge in [-0.3, -0.25) is 14.5 Å². The molecule has 0 N–H and O–H groups in total. The van der Waals surface area contributed by atoms with Crippen molar-refractivity contribution in [1.82, 2.24) is 14.8 Å². The molecule has 0 amide bonds. The molecule has 2 heterocycles. The van der Waals surface area contributed by atoms with E-state index in [4.69, 9.17) is 0 Å². The van der Waals surface area contributed by atoms with Crippen LogP contribution < -0.4 is 0 Å². The zero-order valence-corrected chi connectivity index (χ0v) is 7.50. The van der Waals surface area contributed by atoms with Crippen LogP contribution in [0.1, 0.15) is 15.9 Å². The highest BCUT2D eigenvalue weighted by Gasteiger charge is 1.97. The van der Waals surface area contributed by atoms with E-state index in [-0.39, 0.29) is 0 Å². The van der Waals surface area contributed by atoms with Gasteiger partial charge in [-0.1, -0.05) is 6.07 Å². The number of rotatable bonds is 3. The van der Waals surface area contributed by atoms with Crippen molar-refractivity contribution in [3.05, 3.63) is 48.0 Å². The van der Waals surface area contributed by atoms with E-state index in [1.54, 1.807) is 29.5 Å². The Kier molecular flexibility index (Phi) is 2.36. The normalized spacial score (nSPS) is 10.0. The molecule has 2 aromatic rings. The van der Waals surface area contributed by atoms with Crippen LogP contribution in [0.15, 0.2) is 36.9 Å². The Morgan fingerprint density at radius 2 is 2.36 bits per heavy atom. The van der Waals surface area contributed by atoms with Crippen LogP contribution in [0.2, 0.25) is 0 Å². The van der Waals surface area contributed by atoms with Crippen molar-refractivity contribution in [1.29, 1.82) is 0 Å². The van der Waals surface area contributed by atoms with Crippen LogP contribution in [0.3, 0.4) is 0 Å². The number of hydrogen-bond acceptors (Lipinski definition) is 3. The maximum Gasteiger partial charge on any atom is 0.153 e. The lowest BCUT2D eigenvalue weighted by Crippen LogP contribution is -1.99. The summed E-state index contributed by atoms with van der Waals surface area (Å²) >= 11 is 0. The number of pyridine rings is 1. The minimum absolute atomic E-state index is 0.592. The van der Waals surface area contributed by atoms with E-state index in [2.05, 4.69) is 10.1 Å². The van der Waals surface area contributed by atoms with Crippen molar-refractivity contribution in [2.75, 3.05) is 0 Å². The third-order valence-corrected chi connectivity index (χ3v) is 1.86. The highest BCUT2D eigenvalue weighted by molar-refractivity contribution is 5.73. The number of hydrogen-bond donors (Lipinski definition) is 0. The Labute approximate surface area is 81.2 Å². The van der Waals surface area contributed by atoms with E-state index in [9.17, 15) is 4.79 Å². The van der Waals surface area contributed by atoms with Gasteiger partial charge in [0.2, 0.25) is 0 Å². The summed E-state index contributed by atoms with van der Waals surface area (Å²) in [6.45, 7) is 0.641. The first-order valence-electron chi connectivity index (χ1n) is 4.25. The highest BCUT2D eigenvalue weighted by atomic mass is 16.1. The lowest BCUT2D eigenvalue weighted by atomic mass is 10.3. The molecule has 2 aromatic heterocycles. The average molecular weight is 187 g/mol. The van der Waals surface area contributed by atoms with Crippen LogP contribution in [-0.4, -0.2) is 21.1 Å². The van der Waals surface area contributed by atoms with Gasteiger partial charge in [-0.2, -0.15) is 5.10 Å². The lowest BCUT2D eigenvalue weighted by molar-refractivity contribution is 0.112. The van der Waals surface area contributed by atoms with E-state index in [0.717, 1.165) is 11.8 Å². The van der Waals surface area contributed by atoms with Gasteiger partial charge >= 0.3 is 0 Å². The summed E-state index contributed by atoms with van der Waals surface area (Å²) in [6.07, 6.45) is 7.54. The maximum absolute atomic E-state index is 10.4. The molecule has 4 nitrogen and oxygen atoms in total. The van der Waals surface area contributed by atoms with Crippen molar-refractivity contribution in [3.63, 3.8) is 0 Å². The molecule has 0 fully saturated rings. The topological polar surface area (TPSA) is 47.8 Å². The van der Waals surface area contributed by atoms with Gasteiger partial charge in [0.15, 0.2) is 6.29 Å². The molecule has 0 aliphatic carbocycles. The monoisotopic (exact) mass is 187 g/mol. The fourth-order valence-electron chi connectivity index (χ4n) is 1.21. The van der Waals surface area contributed by atoms with Gasteiger partial charge in [0.1, 0.15) is 0 Å². The van der Waals surface area contributed by atoms with Crippen molar-refractivity contribution >= 4 is 6.29 Å². The van der Waals surface area contributed by atoms with Crippen LogP contribution in [0.25, 0.3) is 0 Å². The summed E-state index contributed by atoms with van der Waals surface area (Å²) in [5.74, 6) is 0. The molecular weight excluding hydrogens is 178 g/mol. The van der Waals surface area contributed by atoms with E-state index in [1.807, 2.05) is 12.1 Å². The molecule has 0 aromatic carbocycles. The van der Waals surface area contributed by atoms with Gasteiger partial charge in [0.05, 0.1) is 18.3 Å². The molecule has 0 saturated heterocycles. The van der Waals surface area contributed by atoms with E-state index >= 15 is 0 Å². The van der Waals surface area contributed by atoms with Crippen molar-refractivity contribution in [3.8, 4) is 0 Å². The fourth-order valence-corrected chi connectivity index (χ4v) is 1.21. The molecule has 2 rings (SSSR count). The number of aromatic nitrogens is 3. The third kappa shape index (κ3) is 1.85. The Hall–Kier alpha value is -1.97. The van der Waals surface area contributed by atoms with Crippen molar-refractivity contribution in [2.24, 2.45) is 0 Å². The molecule has 70 valence electrons. The number of carbonyl (C=O) groups is 1. The Morgan fingerprint density at radius 1 is 1.43 bits per heavy atom. The summed E-state index contributed by atoms with van der Waals surface area (Å²) in [7, 11) is 0. The van der Waals surface area contributed by atoms with Crippen molar-refractivity contribution < 1.29 is 4.79 Å². The fraction of sp³-hybridized carbons (Fsp3) is 0.100. The van der Waals surface area contributed by atoms with Crippen LogP contribution in [-0.2, 0) is 6.54 Å².